The van der Waals surface area contributed by atoms with Gasteiger partial charge in [-0.1, -0.05) is 59.7 Å². The third kappa shape index (κ3) is 2.56. The molecule has 0 amide bonds. The van der Waals surface area contributed by atoms with Gasteiger partial charge in [0.2, 0.25) is 0 Å². The van der Waals surface area contributed by atoms with Crippen LogP contribution in [-0.4, -0.2) is 0 Å². The molecule has 0 unspecified atom stereocenters. The number of benzene rings is 2. The first kappa shape index (κ1) is 11.5. The molecule has 1 heteroatoms. The molecule has 17 heavy (non-hydrogen) atoms. The smallest absolute Gasteiger partial charge is 0.00436 e. The van der Waals surface area contributed by atoms with Crippen LogP contribution < -0.4 is 5.73 Å². The molecule has 0 aliphatic carbocycles. The Bertz CT molecular complexity index is 471. The minimum Gasteiger partial charge on any atom is -0.404 e. The van der Waals surface area contributed by atoms with E-state index in [1.807, 2.05) is 0 Å². The Hall–Kier alpha value is -2.02. The number of aryl methyl sites for hydroxylation is 2. The quantitative estimate of drug-likeness (QED) is 0.826. The molecule has 0 aromatic heterocycles. The fourth-order valence-corrected chi connectivity index (χ4v) is 1.83. The number of hydrogen-bond acceptors (Lipinski definition) is 1. The van der Waals surface area contributed by atoms with Gasteiger partial charge in [0.1, 0.15) is 0 Å². The molecule has 2 rings (SSSR count). The van der Waals surface area contributed by atoms with E-state index in [4.69, 9.17) is 5.73 Å². The van der Waals surface area contributed by atoms with Crippen LogP contribution in [-0.2, 0) is 0 Å². The summed E-state index contributed by atoms with van der Waals surface area (Å²) < 4.78 is 0. The van der Waals surface area contributed by atoms with Gasteiger partial charge in [-0.25, -0.2) is 0 Å². The minimum absolute atomic E-state index is 1.07. The van der Waals surface area contributed by atoms with Gasteiger partial charge in [-0.05, 0) is 25.0 Å². The van der Waals surface area contributed by atoms with Crippen molar-refractivity contribution >= 4 is 5.57 Å². The van der Waals surface area contributed by atoms with Crippen LogP contribution in [0.2, 0.25) is 0 Å². The second kappa shape index (κ2) is 4.88. The summed E-state index contributed by atoms with van der Waals surface area (Å²) >= 11 is 0. The summed E-state index contributed by atoms with van der Waals surface area (Å²) in [4.78, 5) is 0. The van der Waals surface area contributed by atoms with E-state index in [1.165, 1.54) is 11.1 Å². The molecule has 0 heterocycles. The maximum absolute atomic E-state index is 5.75. The fourth-order valence-electron chi connectivity index (χ4n) is 1.83. The van der Waals surface area contributed by atoms with Crippen LogP contribution in [0.3, 0.4) is 0 Å². The van der Waals surface area contributed by atoms with Crippen LogP contribution in [0, 0.1) is 13.8 Å². The Morgan fingerprint density at radius 1 is 0.765 bits per heavy atom. The van der Waals surface area contributed by atoms with Gasteiger partial charge in [-0.3, -0.25) is 0 Å². The lowest BCUT2D eigenvalue weighted by Gasteiger charge is -2.08. The van der Waals surface area contributed by atoms with Crippen LogP contribution in [0.5, 0.6) is 0 Å². The third-order valence-electron chi connectivity index (χ3n) is 2.89. The standard InChI is InChI=1S/C16H17N/c1-12-3-7-14(8-4-12)16(11-17)15-9-5-13(2)6-10-15/h3-11H,17H2,1-2H3. The monoisotopic (exact) mass is 223 g/mol. The highest BCUT2D eigenvalue weighted by Gasteiger charge is 2.03. The molecule has 0 aliphatic heterocycles. The van der Waals surface area contributed by atoms with Crippen molar-refractivity contribution in [2.75, 3.05) is 0 Å². The molecule has 0 saturated carbocycles. The maximum atomic E-state index is 5.75. The lowest BCUT2D eigenvalue weighted by Crippen LogP contribution is -1.92. The zero-order chi connectivity index (χ0) is 12.3. The van der Waals surface area contributed by atoms with E-state index in [1.54, 1.807) is 6.20 Å². The molecule has 0 bridgehead atoms. The summed E-state index contributed by atoms with van der Waals surface area (Å²) in [5.74, 6) is 0. The Morgan fingerprint density at radius 3 is 1.41 bits per heavy atom. The average Bonchev–Trinajstić information content (AvgIpc) is 2.35. The predicted molar refractivity (Wildman–Crippen MR) is 73.6 cm³/mol. The van der Waals surface area contributed by atoms with Crippen molar-refractivity contribution in [2.24, 2.45) is 5.73 Å². The van der Waals surface area contributed by atoms with Gasteiger partial charge in [-0.15, -0.1) is 0 Å². The highest BCUT2D eigenvalue weighted by atomic mass is 14.5. The fraction of sp³-hybridized carbons (Fsp3) is 0.125. The lowest BCUT2D eigenvalue weighted by atomic mass is 9.97. The van der Waals surface area contributed by atoms with Gasteiger partial charge in [0.05, 0.1) is 0 Å². The van der Waals surface area contributed by atoms with E-state index < -0.39 is 0 Å². The molecule has 0 aliphatic rings. The van der Waals surface area contributed by atoms with Crippen molar-refractivity contribution in [3.63, 3.8) is 0 Å². The Labute approximate surface area is 103 Å². The van der Waals surface area contributed by atoms with Crippen LogP contribution in [0.1, 0.15) is 22.3 Å². The molecule has 0 spiro atoms. The molecule has 1 nitrogen and oxygen atoms in total. The van der Waals surface area contributed by atoms with E-state index in [-0.39, 0.29) is 0 Å². The van der Waals surface area contributed by atoms with Gasteiger partial charge in [0.25, 0.3) is 0 Å². The van der Waals surface area contributed by atoms with E-state index in [0.29, 0.717) is 0 Å². The van der Waals surface area contributed by atoms with Crippen molar-refractivity contribution in [2.45, 2.75) is 13.8 Å². The van der Waals surface area contributed by atoms with Crippen molar-refractivity contribution in [3.05, 3.63) is 77.0 Å². The minimum atomic E-state index is 1.07. The first-order valence-electron chi connectivity index (χ1n) is 5.76. The first-order chi connectivity index (χ1) is 8.20. The highest BCUT2D eigenvalue weighted by molar-refractivity contribution is 5.79. The van der Waals surface area contributed by atoms with Gasteiger partial charge < -0.3 is 5.73 Å². The maximum Gasteiger partial charge on any atom is 0.00436 e. The van der Waals surface area contributed by atoms with Crippen molar-refractivity contribution in [1.82, 2.24) is 0 Å². The van der Waals surface area contributed by atoms with E-state index in [0.717, 1.165) is 16.7 Å². The molecule has 0 saturated heterocycles. The molecule has 0 atom stereocenters. The van der Waals surface area contributed by atoms with Gasteiger partial charge in [-0.2, -0.15) is 0 Å². The average molecular weight is 223 g/mol. The third-order valence-corrected chi connectivity index (χ3v) is 2.89. The first-order valence-corrected chi connectivity index (χ1v) is 5.76. The van der Waals surface area contributed by atoms with Crippen molar-refractivity contribution < 1.29 is 0 Å². The molecule has 0 radical (unpaired) electrons. The Balaban J connectivity index is 2.41. The number of nitrogens with two attached hydrogens (primary N) is 1. The van der Waals surface area contributed by atoms with Gasteiger partial charge in [0.15, 0.2) is 0 Å². The summed E-state index contributed by atoms with van der Waals surface area (Å²) in [5.41, 5.74) is 11.7. The molecular formula is C16H17N. The largest absolute Gasteiger partial charge is 0.404 e. The number of hydrogen-bond donors (Lipinski definition) is 1. The van der Waals surface area contributed by atoms with E-state index >= 15 is 0 Å². The Morgan fingerprint density at radius 2 is 1.12 bits per heavy atom. The topological polar surface area (TPSA) is 26.0 Å². The van der Waals surface area contributed by atoms with E-state index in [9.17, 15) is 0 Å². The van der Waals surface area contributed by atoms with Crippen LogP contribution in [0.4, 0.5) is 0 Å². The second-order valence-corrected chi connectivity index (χ2v) is 4.31. The van der Waals surface area contributed by atoms with Crippen LogP contribution in [0.15, 0.2) is 54.7 Å². The van der Waals surface area contributed by atoms with Gasteiger partial charge in [0, 0.05) is 11.8 Å². The second-order valence-electron chi connectivity index (χ2n) is 4.31. The molecule has 2 aromatic carbocycles. The summed E-state index contributed by atoms with van der Waals surface area (Å²) in [6.45, 7) is 4.17. The zero-order valence-electron chi connectivity index (χ0n) is 10.3. The summed E-state index contributed by atoms with van der Waals surface area (Å²) in [6.07, 6.45) is 1.68. The summed E-state index contributed by atoms with van der Waals surface area (Å²) in [6, 6.07) is 16.8. The van der Waals surface area contributed by atoms with Crippen LogP contribution in [0.25, 0.3) is 5.57 Å². The molecule has 86 valence electrons. The molecule has 2 aromatic rings. The lowest BCUT2D eigenvalue weighted by molar-refractivity contribution is 1.41. The van der Waals surface area contributed by atoms with Gasteiger partial charge >= 0.3 is 0 Å². The molecule has 0 fully saturated rings. The summed E-state index contributed by atoms with van der Waals surface area (Å²) in [5, 5.41) is 0. The normalized spacial score (nSPS) is 10.0. The van der Waals surface area contributed by atoms with Crippen molar-refractivity contribution in [3.8, 4) is 0 Å². The van der Waals surface area contributed by atoms with Crippen LogP contribution >= 0.6 is 0 Å². The van der Waals surface area contributed by atoms with E-state index in [2.05, 4.69) is 62.4 Å². The number of rotatable bonds is 2. The molecule has 2 N–H and O–H groups in total. The Kier molecular flexibility index (Phi) is 3.29. The molecular weight excluding hydrogens is 206 g/mol. The van der Waals surface area contributed by atoms with Crippen molar-refractivity contribution in [1.29, 1.82) is 0 Å². The summed E-state index contributed by atoms with van der Waals surface area (Å²) in [7, 11) is 0. The highest BCUT2D eigenvalue weighted by Crippen LogP contribution is 2.23. The zero-order valence-corrected chi connectivity index (χ0v) is 10.3. The SMILES string of the molecule is Cc1ccc(C(=CN)c2ccc(C)cc2)cc1. The predicted octanol–water partition coefficient (Wildman–Crippen LogP) is 3.65.